The van der Waals surface area contributed by atoms with Gasteiger partial charge in [0.1, 0.15) is 11.6 Å². The SMILES string of the molecule is NC(=Nc1ccc(CCNC(=O)/C=C/c2ccccc2O)cc1)c1cccs1. The van der Waals surface area contributed by atoms with E-state index in [1.807, 2.05) is 41.8 Å². The van der Waals surface area contributed by atoms with Crippen molar-refractivity contribution in [2.24, 2.45) is 10.7 Å². The lowest BCUT2D eigenvalue weighted by atomic mass is 10.1. The van der Waals surface area contributed by atoms with E-state index in [1.165, 1.54) is 6.08 Å². The molecule has 0 atom stereocenters. The molecule has 3 rings (SSSR count). The molecule has 3 aromatic rings. The highest BCUT2D eigenvalue weighted by Crippen LogP contribution is 2.17. The third-order valence-electron chi connectivity index (χ3n) is 4.02. The lowest BCUT2D eigenvalue weighted by Gasteiger charge is -2.04. The zero-order valence-corrected chi connectivity index (χ0v) is 16.0. The van der Waals surface area contributed by atoms with Gasteiger partial charge in [0.05, 0.1) is 10.6 Å². The first kappa shape index (κ1) is 19.4. The van der Waals surface area contributed by atoms with Crippen molar-refractivity contribution in [3.8, 4) is 5.75 Å². The third-order valence-corrected chi connectivity index (χ3v) is 4.92. The Hall–Kier alpha value is -3.38. The fourth-order valence-electron chi connectivity index (χ4n) is 2.54. The number of hydrogen-bond donors (Lipinski definition) is 3. The number of amides is 1. The van der Waals surface area contributed by atoms with Crippen LogP contribution in [0.2, 0.25) is 0 Å². The summed E-state index contributed by atoms with van der Waals surface area (Å²) in [4.78, 5) is 17.3. The molecule has 0 radical (unpaired) electrons. The minimum Gasteiger partial charge on any atom is -0.507 e. The van der Waals surface area contributed by atoms with Gasteiger partial charge in [0.25, 0.3) is 0 Å². The number of carbonyl (C=O) groups is 1. The molecule has 1 aromatic heterocycles. The summed E-state index contributed by atoms with van der Waals surface area (Å²) < 4.78 is 0. The number of phenols is 1. The van der Waals surface area contributed by atoms with Crippen LogP contribution in [0.25, 0.3) is 6.08 Å². The summed E-state index contributed by atoms with van der Waals surface area (Å²) in [6.45, 7) is 0.518. The van der Waals surface area contributed by atoms with Crippen LogP contribution in [0.5, 0.6) is 5.75 Å². The highest BCUT2D eigenvalue weighted by Gasteiger charge is 2.01. The zero-order valence-electron chi connectivity index (χ0n) is 15.2. The molecule has 0 aliphatic rings. The number of para-hydroxylation sites is 1. The summed E-state index contributed by atoms with van der Waals surface area (Å²) in [5.74, 6) is 0.452. The summed E-state index contributed by atoms with van der Waals surface area (Å²) in [5.41, 5.74) is 8.49. The molecule has 0 spiro atoms. The second-order valence-electron chi connectivity index (χ2n) is 6.07. The number of nitrogens with zero attached hydrogens (tertiary/aromatic N) is 1. The van der Waals surface area contributed by atoms with Crippen LogP contribution in [0.4, 0.5) is 5.69 Å². The average Bonchev–Trinajstić information content (AvgIpc) is 3.24. The van der Waals surface area contributed by atoms with Crippen molar-refractivity contribution in [2.45, 2.75) is 6.42 Å². The first-order valence-corrected chi connectivity index (χ1v) is 9.70. The number of rotatable bonds is 7. The van der Waals surface area contributed by atoms with Crippen molar-refractivity contribution in [3.05, 3.63) is 88.1 Å². The van der Waals surface area contributed by atoms with Gasteiger partial charge in [0.2, 0.25) is 5.91 Å². The molecule has 1 heterocycles. The van der Waals surface area contributed by atoms with Crippen molar-refractivity contribution in [1.82, 2.24) is 5.32 Å². The van der Waals surface area contributed by atoms with E-state index in [2.05, 4.69) is 10.3 Å². The van der Waals surface area contributed by atoms with Crippen molar-refractivity contribution in [3.63, 3.8) is 0 Å². The molecule has 0 aliphatic carbocycles. The predicted molar refractivity (Wildman–Crippen MR) is 115 cm³/mol. The summed E-state index contributed by atoms with van der Waals surface area (Å²) >= 11 is 1.56. The first-order valence-electron chi connectivity index (χ1n) is 8.83. The van der Waals surface area contributed by atoms with Crippen LogP contribution >= 0.6 is 11.3 Å². The van der Waals surface area contributed by atoms with E-state index in [-0.39, 0.29) is 11.7 Å². The van der Waals surface area contributed by atoms with Gasteiger partial charge in [-0.3, -0.25) is 4.79 Å². The Kier molecular flexibility index (Phi) is 6.59. The molecule has 142 valence electrons. The summed E-state index contributed by atoms with van der Waals surface area (Å²) in [6, 6.07) is 18.5. The number of carbonyl (C=O) groups excluding carboxylic acids is 1. The maximum Gasteiger partial charge on any atom is 0.244 e. The van der Waals surface area contributed by atoms with Gasteiger partial charge in [-0.15, -0.1) is 11.3 Å². The number of thiophene rings is 1. The van der Waals surface area contributed by atoms with Crippen LogP contribution in [0.3, 0.4) is 0 Å². The average molecular weight is 391 g/mol. The Labute approximate surface area is 167 Å². The van der Waals surface area contributed by atoms with E-state index in [1.54, 1.807) is 41.7 Å². The fourth-order valence-corrected chi connectivity index (χ4v) is 3.17. The number of phenolic OH excluding ortho intramolecular Hbond substituents is 1. The molecule has 0 aliphatic heterocycles. The molecule has 0 saturated heterocycles. The van der Waals surface area contributed by atoms with Crippen molar-refractivity contribution < 1.29 is 9.90 Å². The van der Waals surface area contributed by atoms with Gasteiger partial charge in [-0.25, -0.2) is 4.99 Å². The fraction of sp³-hybridized carbons (Fsp3) is 0.0909. The highest BCUT2D eigenvalue weighted by atomic mass is 32.1. The van der Waals surface area contributed by atoms with Crippen molar-refractivity contribution in [2.75, 3.05) is 6.54 Å². The maximum atomic E-state index is 11.9. The largest absolute Gasteiger partial charge is 0.507 e. The molecule has 0 fully saturated rings. The Morgan fingerprint density at radius 2 is 1.89 bits per heavy atom. The lowest BCUT2D eigenvalue weighted by molar-refractivity contribution is -0.116. The van der Waals surface area contributed by atoms with E-state index in [9.17, 15) is 9.90 Å². The number of hydrogen-bond acceptors (Lipinski definition) is 4. The Morgan fingerprint density at radius 1 is 1.11 bits per heavy atom. The Bertz CT molecular complexity index is 977. The van der Waals surface area contributed by atoms with Crippen LogP contribution < -0.4 is 11.1 Å². The van der Waals surface area contributed by atoms with E-state index < -0.39 is 0 Å². The number of benzene rings is 2. The second kappa shape index (κ2) is 9.53. The summed E-state index contributed by atoms with van der Waals surface area (Å²) in [7, 11) is 0. The summed E-state index contributed by atoms with van der Waals surface area (Å²) in [6.07, 6.45) is 3.72. The van der Waals surface area contributed by atoms with E-state index in [0.717, 1.165) is 16.1 Å². The zero-order chi connectivity index (χ0) is 19.8. The van der Waals surface area contributed by atoms with Crippen LogP contribution in [-0.2, 0) is 11.2 Å². The van der Waals surface area contributed by atoms with Crippen molar-refractivity contribution >= 4 is 34.8 Å². The van der Waals surface area contributed by atoms with Crippen LogP contribution in [-0.4, -0.2) is 23.4 Å². The normalized spacial score (nSPS) is 11.6. The molecular formula is C22H21N3O2S. The molecule has 6 heteroatoms. The van der Waals surface area contributed by atoms with Crippen molar-refractivity contribution in [1.29, 1.82) is 0 Å². The van der Waals surface area contributed by atoms with Gasteiger partial charge in [-0.2, -0.15) is 0 Å². The van der Waals surface area contributed by atoms with Crippen LogP contribution in [0.15, 0.2) is 77.1 Å². The molecule has 4 N–H and O–H groups in total. The van der Waals surface area contributed by atoms with E-state index in [4.69, 9.17) is 5.73 Å². The second-order valence-corrected chi connectivity index (χ2v) is 7.02. The molecular weight excluding hydrogens is 370 g/mol. The number of aliphatic imine (C=N–C) groups is 1. The molecule has 0 saturated carbocycles. The molecule has 0 unspecified atom stereocenters. The summed E-state index contributed by atoms with van der Waals surface area (Å²) in [5, 5.41) is 14.5. The maximum absolute atomic E-state index is 11.9. The monoisotopic (exact) mass is 391 g/mol. The molecule has 1 amide bonds. The number of nitrogens with one attached hydrogen (secondary N) is 1. The molecule has 0 bridgehead atoms. The van der Waals surface area contributed by atoms with Crippen LogP contribution in [0, 0.1) is 0 Å². The first-order chi connectivity index (χ1) is 13.6. The minimum absolute atomic E-state index is 0.147. The minimum atomic E-state index is -0.201. The molecule has 2 aromatic carbocycles. The Balaban J connectivity index is 1.48. The topological polar surface area (TPSA) is 87.7 Å². The number of nitrogens with two attached hydrogens (primary N) is 1. The number of aromatic hydroxyl groups is 1. The Morgan fingerprint density at radius 3 is 2.61 bits per heavy atom. The van der Waals surface area contributed by atoms with Gasteiger partial charge < -0.3 is 16.2 Å². The van der Waals surface area contributed by atoms with Gasteiger partial charge >= 0.3 is 0 Å². The highest BCUT2D eigenvalue weighted by molar-refractivity contribution is 7.12. The van der Waals surface area contributed by atoms with Gasteiger partial charge in [0.15, 0.2) is 0 Å². The molecule has 28 heavy (non-hydrogen) atoms. The standard InChI is InChI=1S/C22H21N3O2S/c23-22(20-6-3-15-28-20)25-18-10-7-16(8-11-18)13-14-24-21(27)12-9-17-4-1-2-5-19(17)26/h1-12,15,26H,13-14H2,(H2,23,25)(H,24,27)/b12-9+. The number of amidine groups is 1. The van der Waals surface area contributed by atoms with E-state index in [0.29, 0.717) is 24.4 Å². The van der Waals surface area contributed by atoms with Gasteiger partial charge in [-0.05, 0) is 47.7 Å². The molecule has 5 nitrogen and oxygen atoms in total. The predicted octanol–water partition coefficient (Wildman–Crippen LogP) is 3.86. The van der Waals surface area contributed by atoms with Crippen LogP contribution in [0.1, 0.15) is 16.0 Å². The smallest absolute Gasteiger partial charge is 0.244 e. The van der Waals surface area contributed by atoms with Gasteiger partial charge in [-0.1, -0.05) is 36.4 Å². The van der Waals surface area contributed by atoms with E-state index >= 15 is 0 Å². The third kappa shape index (κ3) is 5.56. The quantitative estimate of drug-likeness (QED) is 0.325. The van der Waals surface area contributed by atoms with Gasteiger partial charge in [0, 0.05) is 18.2 Å². The lowest BCUT2D eigenvalue weighted by Crippen LogP contribution is -2.23.